The van der Waals surface area contributed by atoms with Gasteiger partial charge in [0.2, 0.25) is 5.88 Å². The van der Waals surface area contributed by atoms with Gasteiger partial charge in [-0.2, -0.15) is 0 Å². The molecule has 7 heteroatoms. The van der Waals surface area contributed by atoms with Gasteiger partial charge in [0, 0.05) is 25.4 Å². The zero-order valence-electron chi connectivity index (χ0n) is 14.2. The van der Waals surface area contributed by atoms with Gasteiger partial charge in [0.25, 0.3) is 0 Å². The molecule has 0 atom stereocenters. The van der Waals surface area contributed by atoms with E-state index in [1.807, 2.05) is 23.1 Å². The number of aromatic nitrogens is 2. The van der Waals surface area contributed by atoms with Crippen LogP contribution in [0.2, 0.25) is 0 Å². The summed E-state index contributed by atoms with van der Waals surface area (Å²) in [4.78, 5) is 22.9. The van der Waals surface area contributed by atoms with Gasteiger partial charge in [-0.3, -0.25) is 4.98 Å². The van der Waals surface area contributed by atoms with Crippen molar-refractivity contribution in [3.05, 3.63) is 48.4 Å². The average Bonchev–Trinajstić information content (AvgIpc) is 3.47. The highest BCUT2D eigenvalue weighted by molar-refractivity contribution is 5.89. The second kappa shape index (κ2) is 8.43. The maximum atomic E-state index is 12.6. The van der Waals surface area contributed by atoms with Crippen molar-refractivity contribution in [1.29, 1.82) is 0 Å². The fourth-order valence-electron chi connectivity index (χ4n) is 2.38. The molecule has 1 aliphatic rings. The molecule has 132 valence electrons. The lowest BCUT2D eigenvalue weighted by Crippen LogP contribution is -2.36. The molecule has 2 aromatic rings. The number of methoxy groups -OCH3 is 1. The number of rotatable bonds is 8. The first kappa shape index (κ1) is 17.2. The van der Waals surface area contributed by atoms with Crippen LogP contribution in [-0.4, -0.2) is 47.3 Å². The van der Waals surface area contributed by atoms with Gasteiger partial charge < -0.3 is 19.7 Å². The van der Waals surface area contributed by atoms with Crippen LogP contribution in [0.25, 0.3) is 0 Å². The Morgan fingerprint density at radius 1 is 1.24 bits per heavy atom. The maximum Gasteiger partial charge on any atom is 0.322 e. The number of amides is 2. The van der Waals surface area contributed by atoms with Crippen LogP contribution >= 0.6 is 0 Å². The van der Waals surface area contributed by atoms with E-state index in [0.717, 1.165) is 18.5 Å². The normalized spacial score (nSPS) is 13.3. The summed E-state index contributed by atoms with van der Waals surface area (Å²) in [6.07, 6.45) is 5.39. The van der Waals surface area contributed by atoms with Gasteiger partial charge in [-0.05, 0) is 31.0 Å². The molecule has 1 N–H and O–H groups in total. The summed E-state index contributed by atoms with van der Waals surface area (Å²) >= 11 is 0. The zero-order valence-corrected chi connectivity index (χ0v) is 14.2. The van der Waals surface area contributed by atoms with Crippen LogP contribution in [0.1, 0.15) is 18.5 Å². The summed E-state index contributed by atoms with van der Waals surface area (Å²) < 4.78 is 10.3. The van der Waals surface area contributed by atoms with Crippen molar-refractivity contribution in [2.45, 2.75) is 25.4 Å². The summed E-state index contributed by atoms with van der Waals surface area (Å²) in [5.74, 6) is 0.502. The molecule has 2 aromatic heterocycles. The third-order valence-corrected chi connectivity index (χ3v) is 3.83. The number of ether oxygens (including phenoxy) is 2. The molecule has 0 unspecified atom stereocenters. The third kappa shape index (κ3) is 5.15. The van der Waals surface area contributed by atoms with Crippen molar-refractivity contribution in [3.63, 3.8) is 0 Å². The second-order valence-electron chi connectivity index (χ2n) is 5.84. The first-order valence-electron chi connectivity index (χ1n) is 8.31. The zero-order chi connectivity index (χ0) is 17.5. The fourth-order valence-corrected chi connectivity index (χ4v) is 2.38. The Balaban J connectivity index is 1.57. The summed E-state index contributed by atoms with van der Waals surface area (Å²) in [5.41, 5.74) is 1.51. The molecule has 0 aromatic carbocycles. The first-order valence-corrected chi connectivity index (χ1v) is 8.31. The number of carbonyl (C=O) groups is 1. The van der Waals surface area contributed by atoms with E-state index in [9.17, 15) is 4.79 Å². The van der Waals surface area contributed by atoms with E-state index < -0.39 is 0 Å². The summed E-state index contributed by atoms with van der Waals surface area (Å²) in [7, 11) is 1.62. The maximum absolute atomic E-state index is 12.6. The SMILES string of the molecule is COCCOc1ccc(NC(=O)N(Cc2ccccn2)C2CC2)cn1. The summed E-state index contributed by atoms with van der Waals surface area (Å²) in [6.45, 7) is 1.45. The minimum absolute atomic E-state index is 0.136. The van der Waals surface area contributed by atoms with Gasteiger partial charge >= 0.3 is 6.03 Å². The third-order valence-electron chi connectivity index (χ3n) is 3.83. The minimum Gasteiger partial charge on any atom is -0.475 e. The molecule has 1 fully saturated rings. The molecule has 0 spiro atoms. The fraction of sp³-hybridized carbons (Fsp3) is 0.389. The van der Waals surface area contributed by atoms with E-state index in [4.69, 9.17) is 9.47 Å². The van der Waals surface area contributed by atoms with E-state index in [1.54, 1.807) is 31.6 Å². The van der Waals surface area contributed by atoms with Crippen molar-refractivity contribution in [2.24, 2.45) is 0 Å². The Morgan fingerprint density at radius 3 is 2.76 bits per heavy atom. The van der Waals surface area contributed by atoms with E-state index >= 15 is 0 Å². The van der Waals surface area contributed by atoms with Crippen molar-refractivity contribution in [1.82, 2.24) is 14.9 Å². The second-order valence-corrected chi connectivity index (χ2v) is 5.84. The minimum atomic E-state index is -0.136. The van der Waals surface area contributed by atoms with Crippen molar-refractivity contribution in [3.8, 4) is 5.88 Å². The molecular formula is C18H22N4O3. The van der Waals surface area contributed by atoms with Crippen molar-refractivity contribution >= 4 is 11.7 Å². The monoisotopic (exact) mass is 342 g/mol. The van der Waals surface area contributed by atoms with Gasteiger partial charge in [0.05, 0.1) is 30.7 Å². The van der Waals surface area contributed by atoms with Crippen LogP contribution in [0.4, 0.5) is 10.5 Å². The largest absolute Gasteiger partial charge is 0.475 e. The summed E-state index contributed by atoms with van der Waals surface area (Å²) in [5, 5.41) is 2.89. The number of pyridine rings is 2. The molecule has 7 nitrogen and oxygen atoms in total. The lowest BCUT2D eigenvalue weighted by Gasteiger charge is -2.22. The van der Waals surface area contributed by atoms with E-state index in [1.165, 1.54) is 0 Å². The predicted molar refractivity (Wildman–Crippen MR) is 93.4 cm³/mol. The molecule has 25 heavy (non-hydrogen) atoms. The lowest BCUT2D eigenvalue weighted by atomic mass is 10.3. The molecule has 1 saturated carbocycles. The molecule has 0 aliphatic heterocycles. The predicted octanol–water partition coefficient (Wildman–Crippen LogP) is 2.70. The van der Waals surface area contributed by atoms with Gasteiger partial charge in [0.1, 0.15) is 6.61 Å². The Labute approximate surface area is 147 Å². The smallest absolute Gasteiger partial charge is 0.322 e. The average molecular weight is 342 g/mol. The number of anilines is 1. The van der Waals surface area contributed by atoms with Gasteiger partial charge in [-0.1, -0.05) is 6.07 Å². The Morgan fingerprint density at radius 2 is 2.12 bits per heavy atom. The van der Waals surface area contributed by atoms with Crippen LogP contribution in [0, 0.1) is 0 Å². The van der Waals surface area contributed by atoms with Crippen molar-refractivity contribution in [2.75, 3.05) is 25.6 Å². The van der Waals surface area contributed by atoms with E-state index in [0.29, 0.717) is 31.3 Å². The standard InChI is InChI=1S/C18H22N4O3/c1-24-10-11-25-17-8-5-14(12-20-17)21-18(23)22(16-6-7-16)13-15-4-2-3-9-19-15/h2-5,8-9,12,16H,6-7,10-11,13H2,1H3,(H,21,23). The first-order chi connectivity index (χ1) is 12.3. The molecule has 0 saturated heterocycles. The molecule has 2 heterocycles. The summed E-state index contributed by atoms with van der Waals surface area (Å²) in [6, 6.07) is 9.38. The number of hydrogen-bond donors (Lipinski definition) is 1. The Hall–Kier alpha value is -2.67. The quantitative estimate of drug-likeness (QED) is 0.747. The lowest BCUT2D eigenvalue weighted by molar-refractivity contribution is 0.144. The number of urea groups is 1. The van der Waals surface area contributed by atoms with E-state index in [2.05, 4.69) is 15.3 Å². The van der Waals surface area contributed by atoms with Crippen LogP contribution in [0.15, 0.2) is 42.7 Å². The molecule has 1 aliphatic carbocycles. The van der Waals surface area contributed by atoms with Crippen LogP contribution in [-0.2, 0) is 11.3 Å². The Bertz CT molecular complexity index is 674. The number of nitrogens with one attached hydrogen (secondary N) is 1. The molecule has 0 radical (unpaired) electrons. The number of hydrogen-bond acceptors (Lipinski definition) is 5. The van der Waals surface area contributed by atoms with Crippen molar-refractivity contribution < 1.29 is 14.3 Å². The van der Waals surface area contributed by atoms with E-state index in [-0.39, 0.29) is 12.1 Å². The number of nitrogens with zero attached hydrogens (tertiary/aromatic N) is 3. The Kier molecular flexibility index (Phi) is 5.79. The van der Waals surface area contributed by atoms with Gasteiger partial charge in [-0.15, -0.1) is 0 Å². The molecular weight excluding hydrogens is 320 g/mol. The van der Waals surface area contributed by atoms with Crippen LogP contribution in [0.3, 0.4) is 0 Å². The highest BCUT2D eigenvalue weighted by Gasteiger charge is 2.32. The van der Waals surface area contributed by atoms with Gasteiger partial charge in [-0.25, -0.2) is 9.78 Å². The molecule has 2 amide bonds. The molecule has 3 rings (SSSR count). The van der Waals surface area contributed by atoms with Crippen LogP contribution in [0.5, 0.6) is 5.88 Å². The van der Waals surface area contributed by atoms with Crippen LogP contribution < -0.4 is 10.1 Å². The number of carbonyl (C=O) groups excluding carboxylic acids is 1. The van der Waals surface area contributed by atoms with Gasteiger partial charge in [0.15, 0.2) is 0 Å². The topological polar surface area (TPSA) is 76.6 Å². The molecule has 0 bridgehead atoms. The highest BCUT2D eigenvalue weighted by atomic mass is 16.5. The highest BCUT2D eigenvalue weighted by Crippen LogP contribution is 2.28.